The molecule has 2 amide bonds. The number of nitrogens with zero attached hydrogens (tertiary/aromatic N) is 1. The lowest BCUT2D eigenvalue weighted by atomic mass is 10.1. The molecular weight excluding hydrogens is 320 g/mol. The van der Waals surface area contributed by atoms with Crippen LogP contribution in [0.3, 0.4) is 0 Å². The second-order valence-corrected chi connectivity index (χ2v) is 6.94. The van der Waals surface area contributed by atoms with Gasteiger partial charge in [-0.15, -0.1) is 0 Å². The number of aliphatic hydroxyl groups is 1. The summed E-state index contributed by atoms with van der Waals surface area (Å²) in [7, 11) is 0. The van der Waals surface area contributed by atoms with Crippen LogP contribution in [0, 0.1) is 0 Å². The van der Waals surface area contributed by atoms with E-state index in [9.17, 15) is 14.7 Å². The third kappa shape index (κ3) is 4.72. The largest absolute Gasteiger partial charge is 0.416 e. The molecular formula is C19H26N2O4. The SMILES string of the molecule is O=C(NC1CCCCCC1)[C@@H]1C[C@@H](O)CN1C(=O)Oc1ccccc1. The van der Waals surface area contributed by atoms with Gasteiger partial charge in [0, 0.05) is 12.5 Å². The van der Waals surface area contributed by atoms with Crippen LogP contribution < -0.4 is 10.1 Å². The summed E-state index contributed by atoms with van der Waals surface area (Å²) in [6.45, 7) is 0.119. The molecule has 1 heterocycles. The van der Waals surface area contributed by atoms with E-state index >= 15 is 0 Å². The van der Waals surface area contributed by atoms with Crippen LogP contribution in [0.5, 0.6) is 5.75 Å². The molecule has 6 nitrogen and oxygen atoms in total. The Morgan fingerprint density at radius 1 is 1.08 bits per heavy atom. The van der Waals surface area contributed by atoms with Crippen LogP contribution in [-0.4, -0.2) is 46.7 Å². The Hall–Kier alpha value is -2.08. The summed E-state index contributed by atoms with van der Waals surface area (Å²) in [5, 5.41) is 13.0. The van der Waals surface area contributed by atoms with E-state index in [1.165, 1.54) is 17.7 Å². The Kier molecular flexibility index (Phi) is 5.91. The molecule has 136 valence electrons. The zero-order valence-electron chi connectivity index (χ0n) is 14.4. The van der Waals surface area contributed by atoms with E-state index < -0.39 is 18.2 Å². The van der Waals surface area contributed by atoms with E-state index in [2.05, 4.69) is 5.32 Å². The molecule has 0 aromatic heterocycles. The Morgan fingerprint density at radius 2 is 1.76 bits per heavy atom. The minimum absolute atomic E-state index is 0.119. The van der Waals surface area contributed by atoms with Gasteiger partial charge < -0.3 is 15.2 Å². The summed E-state index contributed by atoms with van der Waals surface area (Å²) < 4.78 is 5.33. The average Bonchev–Trinajstić information content (AvgIpc) is 2.82. The van der Waals surface area contributed by atoms with Crippen LogP contribution in [-0.2, 0) is 4.79 Å². The highest BCUT2D eigenvalue weighted by molar-refractivity contribution is 5.87. The standard InChI is InChI=1S/C19H26N2O4/c22-15-12-17(18(23)20-14-8-4-1-2-5-9-14)21(13-15)19(24)25-16-10-6-3-7-11-16/h3,6-7,10-11,14-15,17,22H,1-2,4-5,8-9,12-13H2,(H,20,23)/t15-,17+/m1/s1. The number of amides is 2. The number of rotatable bonds is 3. The van der Waals surface area contributed by atoms with Crippen molar-refractivity contribution in [1.82, 2.24) is 10.2 Å². The van der Waals surface area contributed by atoms with Crippen LogP contribution in [0.1, 0.15) is 44.9 Å². The van der Waals surface area contributed by atoms with Crippen molar-refractivity contribution in [2.45, 2.75) is 63.1 Å². The molecule has 1 saturated carbocycles. The summed E-state index contributed by atoms with van der Waals surface area (Å²) in [6, 6.07) is 8.25. The molecule has 1 aliphatic carbocycles. The highest BCUT2D eigenvalue weighted by Gasteiger charge is 2.40. The van der Waals surface area contributed by atoms with Crippen molar-refractivity contribution in [1.29, 1.82) is 0 Å². The predicted molar refractivity (Wildman–Crippen MR) is 93.2 cm³/mol. The second kappa shape index (κ2) is 8.34. The zero-order valence-corrected chi connectivity index (χ0v) is 14.4. The number of benzene rings is 1. The lowest BCUT2D eigenvalue weighted by Gasteiger charge is -2.25. The van der Waals surface area contributed by atoms with E-state index in [4.69, 9.17) is 4.74 Å². The quantitative estimate of drug-likeness (QED) is 0.824. The van der Waals surface area contributed by atoms with E-state index in [0.29, 0.717) is 5.75 Å². The van der Waals surface area contributed by atoms with Gasteiger partial charge in [0.25, 0.3) is 0 Å². The lowest BCUT2D eigenvalue weighted by Crippen LogP contribution is -2.49. The summed E-state index contributed by atoms with van der Waals surface area (Å²) in [6.07, 6.45) is 5.59. The molecule has 2 aliphatic rings. The Labute approximate surface area is 148 Å². The highest BCUT2D eigenvalue weighted by atomic mass is 16.6. The van der Waals surface area contributed by atoms with Gasteiger partial charge in [0.05, 0.1) is 12.6 Å². The van der Waals surface area contributed by atoms with Crippen molar-refractivity contribution in [2.24, 2.45) is 0 Å². The fourth-order valence-electron chi connectivity index (χ4n) is 3.63. The number of nitrogens with one attached hydrogen (secondary N) is 1. The van der Waals surface area contributed by atoms with Gasteiger partial charge in [0.15, 0.2) is 0 Å². The number of carbonyl (C=O) groups is 2. The van der Waals surface area contributed by atoms with Crippen molar-refractivity contribution < 1.29 is 19.4 Å². The number of ether oxygens (including phenoxy) is 1. The molecule has 1 aliphatic heterocycles. The molecule has 1 aromatic carbocycles. The number of β-amino-alcohol motifs (C(OH)–C–C–N with tert-alkyl or cyclic N) is 1. The number of likely N-dealkylation sites (tertiary alicyclic amines) is 1. The maximum atomic E-state index is 12.7. The minimum Gasteiger partial charge on any atom is -0.410 e. The predicted octanol–water partition coefficient (Wildman–Crippen LogP) is 2.46. The number of para-hydroxylation sites is 1. The Morgan fingerprint density at radius 3 is 2.44 bits per heavy atom. The van der Waals surface area contributed by atoms with Gasteiger partial charge in [0.1, 0.15) is 11.8 Å². The summed E-state index contributed by atoms with van der Waals surface area (Å²) in [4.78, 5) is 26.4. The number of hydrogen-bond acceptors (Lipinski definition) is 4. The molecule has 2 fully saturated rings. The molecule has 3 rings (SSSR count). The third-order valence-corrected chi connectivity index (χ3v) is 4.97. The molecule has 0 bridgehead atoms. The smallest absolute Gasteiger partial charge is 0.410 e. The van der Waals surface area contributed by atoms with Crippen molar-refractivity contribution in [2.75, 3.05) is 6.54 Å². The second-order valence-electron chi connectivity index (χ2n) is 6.94. The first-order valence-electron chi connectivity index (χ1n) is 9.15. The summed E-state index contributed by atoms with van der Waals surface area (Å²) >= 11 is 0. The zero-order chi connectivity index (χ0) is 17.6. The van der Waals surface area contributed by atoms with Gasteiger partial charge in [0.2, 0.25) is 5.91 Å². The number of aliphatic hydroxyl groups excluding tert-OH is 1. The first-order chi connectivity index (χ1) is 12.1. The van der Waals surface area contributed by atoms with Gasteiger partial charge >= 0.3 is 6.09 Å². The fourth-order valence-corrected chi connectivity index (χ4v) is 3.63. The van der Waals surface area contributed by atoms with Gasteiger partial charge in [-0.25, -0.2) is 4.79 Å². The van der Waals surface area contributed by atoms with E-state index in [0.717, 1.165) is 25.7 Å². The van der Waals surface area contributed by atoms with Crippen molar-refractivity contribution in [3.8, 4) is 5.75 Å². The van der Waals surface area contributed by atoms with Crippen molar-refractivity contribution in [3.05, 3.63) is 30.3 Å². The minimum atomic E-state index is -0.701. The number of hydrogen-bond donors (Lipinski definition) is 2. The van der Waals surface area contributed by atoms with Gasteiger partial charge in [-0.05, 0) is 25.0 Å². The molecule has 6 heteroatoms. The van der Waals surface area contributed by atoms with Gasteiger partial charge in [-0.2, -0.15) is 0 Å². The normalized spacial score (nSPS) is 24.6. The summed E-state index contributed by atoms with van der Waals surface area (Å²) in [5.41, 5.74) is 0. The molecule has 1 aromatic rings. The maximum absolute atomic E-state index is 12.7. The van der Waals surface area contributed by atoms with Crippen LogP contribution in [0.4, 0.5) is 4.79 Å². The lowest BCUT2D eigenvalue weighted by molar-refractivity contribution is -0.125. The van der Waals surface area contributed by atoms with E-state index in [1.807, 2.05) is 6.07 Å². The van der Waals surface area contributed by atoms with Gasteiger partial charge in [-0.1, -0.05) is 43.9 Å². The molecule has 2 atom stereocenters. The highest BCUT2D eigenvalue weighted by Crippen LogP contribution is 2.22. The summed E-state index contributed by atoms with van der Waals surface area (Å²) in [5.74, 6) is 0.241. The third-order valence-electron chi connectivity index (χ3n) is 4.97. The fraction of sp³-hybridized carbons (Fsp3) is 0.579. The van der Waals surface area contributed by atoms with Gasteiger partial charge in [-0.3, -0.25) is 9.69 Å². The molecule has 0 unspecified atom stereocenters. The molecule has 0 radical (unpaired) electrons. The van der Waals surface area contributed by atoms with E-state index in [1.54, 1.807) is 24.3 Å². The molecule has 2 N–H and O–H groups in total. The van der Waals surface area contributed by atoms with Crippen molar-refractivity contribution >= 4 is 12.0 Å². The maximum Gasteiger partial charge on any atom is 0.416 e. The van der Waals surface area contributed by atoms with Crippen molar-refractivity contribution in [3.63, 3.8) is 0 Å². The average molecular weight is 346 g/mol. The van der Waals surface area contributed by atoms with Crippen LogP contribution in [0.25, 0.3) is 0 Å². The first kappa shape index (κ1) is 17.7. The first-order valence-corrected chi connectivity index (χ1v) is 9.15. The monoisotopic (exact) mass is 346 g/mol. The van der Waals surface area contributed by atoms with Crippen LogP contribution >= 0.6 is 0 Å². The van der Waals surface area contributed by atoms with Crippen LogP contribution in [0.15, 0.2) is 30.3 Å². The molecule has 1 saturated heterocycles. The Bertz CT molecular complexity index is 584. The van der Waals surface area contributed by atoms with E-state index in [-0.39, 0.29) is 24.9 Å². The molecule has 25 heavy (non-hydrogen) atoms. The van der Waals surface area contributed by atoms with Crippen LogP contribution in [0.2, 0.25) is 0 Å². The topological polar surface area (TPSA) is 78.9 Å². The molecule has 0 spiro atoms. The Balaban J connectivity index is 1.62. The number of carbonyl (C=O) groups excluding carboxylic acids is 2.